The van der Waals surface area contributed by atoms with E-state index >= 15 is 0 Å². The Balaban J connectivity index is 2.35. The molecule has 0 heterocycles. The van der Waals surface area contributed by atoms with E-state index in [0.717, 1.165) is 0 Å². The van der Waals surface area contributed by atoms with E-state index < -0.39 is 10.0 Å². The van der Waals surface area contributed by atoms with E-state index in [1.807, 2.05) is 13.8 Å². The minimum absolute atomic E-state index is 0.0289. The first-order chi connectivity index (χ1) is 10.3. The lowest BCUT2D eigenvalue weighted by Crippen LogP contribution is -2.15. The first-order valence-electron chi connectivity index (χ1n) is 6.53. The van der Waals surface area contributed by atoms with E-state index in [2.05, 4.69) is 4.72 Å². The Hall–Kier alpha value is -1.43. The zero-order valence-corrected chi connectivity index (χ0v) is 14.3. The van der Waals surface area contributed by atoms with Crippen molar-refractivity contribution >= 4 is 38.9 Å². The zero-order chi connectivity index (χ0) is 16.3. The van der Waals surface area contributed by atoms with Crippen molar-refractivity contribution in [1.29, 1.82) is 0 Å². The molecule has 0 aliphatic heterocycles. The third kappa shape index (κ3) is 4.06. The van der Waals surface area contributed by atoms with Crippen molar-refractivity contribution in [3.63, 3.8) is 0 Å². The van der Waals surface area contributed by atoms with Crippen molar-refractivity contribution in [3.8, 4) is 5.75 Å². The molecule has 1 N–H and O–H groups in total. The summed E-state index contributed by atoms with van der Waals surface area (Å²) < 4.78 is 33.0. The Morgan fingerprint density at radius 3 is 2.36 bits per heavy atom. The molecule has 0 unspecified atom stereocenters. The fourth-order valence-electron chi connectivity index (χ4n) is 1.76. The molecule has 2 aromatic rings. The largest absolute Gasteiger partial charge is 0.489 e. The highest BCUT2D eigenvalue weighted by atomic mass is 35.5. The standard InChI is InChI=1S/C15H15Cl2NO3S/c1-10(2)21-15-6-4-3-5-14(15)18-22(19,20)11-7-8-12(16)13(17)9-11/h3-10,18H,1-2H3. The normalized spacial score (nSPS) is 11.5. The molecular weight excluding hydrogens is 345 g/mol. The minimum atomic E-state index is -3.78. The van der Waals surface area contributed by atoms with Gasteiger partial charge >= 0.3 is 0 Å². The van der Waals surface area contributed by atoms with Crippen molar-refractivity contribution in [1.82, 2.24) is 0 Å². The van der Waals surface area contributed by atoms with Gasteiger partial charge in [-0.15, -0.1) is 0 Å². The van der Waals surface area contributed by atoms with Crippen LogP contribution in [0, 0.1) is 0 Å². The van der Waals surface area contributed by atoms with E-state index in [1.54, 1.807) is 24.3 Å². The van der Waals surface area contributed by atoms with Crippen molar-refractivity contribution in [2.45, 2.75) is 24.8 Å². The summed E-state index contributed by atoms with van der Waals surface area (Å²) in [5.41, 5.74) is 0.363. The lowest BCUT2D eigenvalue weighted by molar-refractivity contribution is 0.244. The smallest absolute Gasteiger partial charge is 0.262 e. The van der Waals surface area contributed by atoms with Crippen LogP contribution in [0.25, 0.3) is 0 Å². The Bertz CT molecular complexity index is 776. The molecule has 0 radical (unpaired) electrons. The summed E-state index contributed by atoms with van der Waals surface area (Å²) in [5, 5.41) is 0.473. The average molecular weight is 360 g/mol. The lowest BCUT2D eigenvalue weighted by atomic mass is 10.3. The van der Waals surface area contributed by atoms with Gasteiger partial charge in [-0.25, -0.2) is 8.42 Å². The molecule has 2 rings (SSSR count). The summed E-state index contributed by atoms with van der Waals surface area (Å²) in [6.45, 7) is 3.73. The third-order valence-corrected chi connectivity index (χ3v) is 4.80. The molecule has 0 saturated carbocycles. The Morgan fingerprint density at radius 2 is 1.73 bits per heavy atom. The summed E-state index contributed by atoms with van der Waals surface area (Å²) >= 11 is 11.7. The number of hydrogen-bond donors (Lipinski definition) is 1. The van der Waals surface area contributed by atoms with E-state index in [0.29, 0.717) is 16.5 Å². The van der Waals surface area contributed by atoms with Crippen LogP contribution in [-0.4, -0.2) is 14.5 Å². The van der Waals surface area contributed by atoms with Crippen molar-refractivity contribution in [3.05, 3.63) is 52.5 Å². The highest BCUT2D eigenvalue weighted by molar-refractivity contribution is 7.92. The number of benzene rings is 2. The number of ether oxygens (including phenoxy) is 1. The number of hydrogen-bond acceptors (Lipinski definition) is 3. The molecule has 118 valence electrons. The summed E-state index contributed by atoms with van der Waals surface area (Å²) in [7, 11) is -3.78. The fraction of sp³-hybridized carbons (Fsp3) is 0.200. The van der Waals surface area contributed by atoms with Crippen LogP contribution in [0.3, 0.4) is 0 Å². The van der Waals surface area contributed by atoms with Crippen molar-refractivity contribution in [2.75, 3.05) is 4.72 Å². The number of halogens is 2. The molecule has 0 aliphatic rings. The molecule has 0 bridgehead atoms. The zero-order valence-electron chi connectivity index (χ0n) is 12.0. The van der Waals surface area contributed by atoms with E-state index in [4.69, 9.17) is 27.9 Å². The third-order valence-electron chi connectivity index (χ3n) is 2.70. The molecule has 7 heteroatoms. The maximum absolute atomic E-state index is 12.4. The van der Waals surface area contributed by atoms with Crippen LogP contribution in [-0.2, 0) is 10.0 Å². The predicted octanol–water partition coefficient (Wildman–Crippen LogP) is 4.58. The molecule has 0 saturated heterocycles. The SMILES string of the molecule is CC(C)Oc1ccccc1NS(=O)(=O)c1ccc(Cl)c(Cl)c1. The van der Waals surface area contributed by atoms with Crippen molar-refractivity contribution in [2.24, 2.45) is 0 Å². The van der Waals surface area contributed by atoms with E-state index in [1.165, 1.54) is 18.2 Å². The van der Waals surface area contributed by atoms with Crippen LogP contribution in [0.4, 0.5) is 5.69 Å². The fourth-order valence-corrected chi connectivity index (χ4v) is 3.21. The second-order valence-electron chi connectivity index (χ2n) is 4.84. The van der Waals surface area contributed by atoms with Crippen LogP contribution in [0.5, 0.6) is 5.75 Å². The van der Waals surface area contributed by atoms with Gasteiger partial charge in [0.05, 0.1) is 26.7 Å². The van der Waals surface area contributed by atoms with Crippen LogP contribution >= 0.6 is 23.2 Å². The highest BCUT2D eigenvalue weighted by Crippen LogP contribution is 2.29. The summed E-state index contributed by atoms with van der Waals surface area (Å²) in [6.07, 6.45) is -0.0735. The first kappa shape index (κ1) is 16.9. The van der Waals surface area contributed by atoms with Gasteiger partial charge in [0.1, 0.15) is 5.75 Å². The number of para-hydroxylation sites is 2. The van der Waals surface area contributed by atoms with Gasteiger partial charge in [0.25, 0.3) is 10.0 Å². The lowest BCUT2D eigenvalue weighted by Gasteiger charge is -2.15. The number of rotatable bonds is 5. The Morgan fingerprint density at radius 1 is 1.05 bits per heavy atom. The Kier molecular flexibility index (Phi) is 5.21. The molecule has 4 nitrogen and oxygen atoms in total. The summed E-state index contributed by atoms with van der Waals surface area (Å²) in [6, 6.07) is 11.0. The molecular formula is C15H15Cl2NO3S. The number of nitrogens with one attached hydrogen (secondary N) is 1. The topological polar surface area (TPSA) is 55.4 Å². The average Bonchev–Trinajstić information content (AvgIpc) is 2.43. The monoisotopic (exact) mass is 359 g/mol. The van der Waals surface area contributed by atoms with Gasteiger partial charge in [-0.05, 0) is 44.2 Å². The molecule has 0 spiro atoms. The van der Waals surface area contributed by atoms with Gasteiger partial charge in [-0.2, -0.15) is 0 Å². The first-order valence-corrected chi connectivity index (χ1v) is 8.77. The molecule has 0 amide bonds. The maximum Gasteiger partial charge on any atom is 0.262 e. The van der Waals surface area contributed by atoms with Gasteiger partial charge in [-0.1, -0.05) is 35.3 Å². The Labute approximate surface area is 140 Å². The molecule has 2 aromatic carbocycles. The van der Waals surface area contributed by atoms with Gasteiger partial charge in [-0.3, -0.25) is 4.72 Å². The highest BCUT2D eigenvalue weighted by Gasteiger charge is 2.18. The van der Waals surface area contributed by atoms with Gasteiger partial charge in [0.15, 0.2) is 0 Å². The molecule has 0 fully saturated rings. The minimum Gasteiger partial charge on any atom is -0.489 e. The summed E-state index contributed by atoms with van der Waals surface area (Å²) in [4.78, 5) is 0.0289. The second kappa shape index (κ2) is 6.77. The van der Waals surface area contributed by atoms with Gasteiger partial charge < -0.3 is 4.74 Å². The number of anilines is 1. The van der Waals surface area contributed by atoms with Crippen LogP contribution in [0.2, 0.25) is 10.0 Å². The summed E-state index contributed by atoms with van der Waals surface area (Å²) in [5.74, 6) is 0.459. The second-order valence-corrected chi connectivity index (χ2v) is 7.34. The van der Waals surface area contributed by atoms with E-state index in [9.17, 15) is 8.42 Å². The van der Waals surface area contributed by atoms with Crippen molar-refractivity contribution < 1.29 is 13.2 Å². The predicted molar refractivity (Wildman–Crippen MR) is 89.5 cm³/mol. The van der Waals surface area contributed by atoms with Crippen LogP contribution in [0.1, 0.15) is 13.8 Å². The van der Waals surface area contributed by atoms with Gasteiger partial charge in [0, 0.05) is 0 Å². The van der Waals surface area contributed by atoms with Crippen LogP contribution in [0.15, 0.2) is 47.4 Å². The van der Waals surface area contributed by atoms with E-state index in [-0.39, 0.29) is 16.0 Å². The molecule has 0 atom stereocenters. The quantitative estimate of drug-likeness (QED) is 0.849. The van der Waals surface area contributed by atoms with Crippen LogP contribution < -0.4 is 9.46 Å². The molecule has 22 heavy (non-hydrogen) atoms. The van der Waals surface area contributed by atoms with Gasteiger partial charge in [0.2, 0.25) is 0 Å². The number of sulfonamides is 1. The molecule has 0 aromatic heterocycles. The maximum atomic E-state index is 12.4. The molecule has 0 aliphatic carbocycles.